The third kappa shape index (κ3) is 3.94. The van der Waals surface area contributed by atoms with Crippen molar-refractivity contribution in [1.29, 1.82) is 0 Å². The van der Waals surface area contributed by atoms with E-state index in [2.05, 4.69) is 0 Å². The smallest absolute Gasteiger partial charge is 0.416 e. The monoisotopic (exact) mass is 261 g/mol. The highest BCUT2D eigenvalue weighted by Crippen LogP contribution is 2.31. The summed E-state index contributed by atoms with van der Waals surface area (Å²) in [5, 5.41) is 0. The van der Waals surface area contributed by atoms with E-state index >= 15 is 0 Å². The number of carbonyl (C=O) groups is 1. The van der Waals surface area contributed by atoms with E-state index in [9.17, 15) is 18.0 Å². The Morgan fingerprint density at radius 2 is 2.06 bits per heavy atom. The van der Waals surface area contributed by atoms with Gasteiger partial charge in [0.25, 0.3) is 0 Å². The molecule has 0 spiro atoms. The number of nitrogens with two attached hydrogens (primary N) is 1. The first-order valence-corrected chi connectivity index (χ1v) is 5.45. The molecule has 0 bridgehead atoms. The summed E-state index contributed by atoms with van der Waals surface area (Å²) in [7, 11) is 0. The molecule has 0 radical (unpaired) electrons. The average molecular weight is 261 g/mol. The summed E-state index contributed by atoms with van der Waals surface area (Å²) in [5.74, 6) is -0.392. The number of carbonyl (C=O) groups excluding carboxylic acids is 1. The van der Waals surface area contributed by atoms with Crippen LogP contribution < -0.4 is 5.73 Å². The molecule has 100 valence electrons. The Morgan fingerprint density at radius 1 is 1.39 bits per heavy atom. The zero-order valence-electron chi connectivity index (χ0n) is 9.88. The highest BCUT2D eigenvalue weighted by Gasteiger charge is 2.30. The second kappa shape index (κ2) is 5.75. The van der Waals surface area contributed by atoms with Crippen LogP contribution in [0, 0.1) is 0 Å². The molecule has 0 aliphatic heterocycles. The SMILES string of the molecule is CCOC(=O)CCc1ccc(C(F)(F)F)cc1N. The molecule has 0 aliphatic carbocycles. The van der Waals surface area contributed by atoms with Gasteiger partial charge < -0.3 is 10.5 Å². The first kappa shape index (κ1) is 14.3. The van der Waals surface area contributed by atoms with E-state index in [1.165, 1.54) is 6.07 Å². The van der Waals surface area contributed by atoms with Gasteiger partial charge in [0, 0.05) is 12.1 Å². The number of benzene rings is 1. The number of anilines is 1. The van der Waals surface area contributed by atoms with Gasteiger partial charge in [-0.1, -0.05) is 6.07 Å². The van der Waals surface area contributed by atoms with Crippen LogP contribution in [0.1, 0.15) is 24.5 Å². The zero-order chi connectivity index (χ0) is 13.8. The van der Waals surface area contributed by atoms with Gasteiger partial charge in [0.15, 0.2) is 0 Å². The maximum absolute atomic E-state index is 12.4. The molecule has 0 unspecified atom stereocenters. The molecule has 18 heavy (non-hydrogen) atoms. The molecule has 0 aromatic heterocycles. The lowest BCUT2D eigenvalue weighted by Crippen LogP contribution is -2.09. The average Bonchev–Trinajstić information content (AvgIpc) is 2.26. The molecule has 2 N–H and O–H groups in total. The Labute approximate surface area is 103 Å². The standard InChI is InChI=1S/C12H14F3NO2/c1-2-18-11(17)6-4-8-3-5-9(7-10(8)16)12(13,14)15/h3,5,7H,2,4,6,16H2,1H3. The third-order valence-corrected chi connectivity index (χ3v) is 2.38. The van der Waals surface area contributed by atoms with Crippen molar-refractivity contribution in [3.8, 4) is 0 Å². The van der Waals surface area contributed by atoms with Crippen molar-refractivity contribution in [3.63, 3.8) is 0 Å². The Bertz CT molecular complexity index is 430. The van der Waals surface area contributed by atoms with Crippen molar-refractivity contribution in [3.05, 3.63) is 29.3 Å². The number of hydrogen-bond donors (Lipinski definition) is 1. The predicted octanol–water partition coefficient (Wildman–Crippen LogP) is 2.78. The minimum atomic E-state index is -4.41. The number of aryl methyl sites for hydroxylation is 1. The number of nitrogen functional groups attached to an aromatic ring is 1. The number of halogens is 3. The summed E-state index contributed by atoms with van der Waals surface area (Å²) in [6.07, 6.45) is -4.04. The lowest BCUT2D eigenvalue weighted by molar-refractivity contribution is -0.143. The van der Waals surface area contributed by atoms with E-state index in [0.717, 1.165) is 12.1 Å². The van der Waals surface area contributed by atoms with E-state index in [0.29, 0.717) is 5.56 Å². The minimum absolute atomic E-state index is 0.0362. The zero-order valence-corrected chi connectivity index (χ0v) is 9.88. The molecule has 0 amide bonds. The molecule has 0 aliphatic rings. The summed E-state index contributed by atoms with van der Waals surface area (Å²) >= 11 is 0. The largest absolute Gasteiger partial charge is 0.466 e. The van der Waals surface area contributed by atoms with E-state index in [4.69, 9.17) is 10.5 Å². The molecule has 0 fully saturated rings. The quantitative estimate of drug-likeness (QED) is 0.669. The maximum atomic E-state index is 12.4. The molecule has 1 aromatic rings. The van der Waals surface area contributed by atoms with Crippen LogP contribution in [0.2, 0.25) is 0 Å². The fourth-order valence-electron chi connectivity index (χ4n) is 1.47. The van der Waals surface area contributed by atoms with Crippen LogP contribution in [0.15, 0.2) is 18.2 Å². The third-order valence-electron chi connectivity index (χ3n) is 2.38. The van der Waals surface area contributed by atoms with E-state index < -0.39 is 17.7 Å². The van der Waals surface area contributed by atoms with E-state index in [-0.39, 0.29) is 25.1 Å². The van der Waals surface area contributed by atoms with Crippen molar-refractivity contribution >= 4 is 11.7 Å². The van der Waals surface area contributed by atoms with Crippen molar-refractivity contribution < 1.29 is 22.7 Å². The van der Waals surface area contributed by atoms with Gasteiger partial charge in [0.05, 0.1) is 12.2 Å². The molecule has 0 saturated heterocycles. The topological polar surface area (TPSA) is 52.3 Å². The molecular formula is C12H14F3NO2. The van der Waals surface area contributed by atoms with Gasteiger partial charge in [-0.05, 0) is 31.0 Å². The number of esters is 1. The van der Waals surface area contributed by atoms with Gasteiger partial charge in [-0.25, -0.2) is 0 Å². The Morgan fingerprint density at radius 3 is 2.56 bits per heavy atom. The van der Waals surface area contributed by atoms with Crippen LogP contribution in [0.4, 0.5) is 18.9 Å². The van der Waals surface area contributed by atoms with Crippen molar-refractivity contribution in [1.82, 2.24) is 0 Å². The lowest BCUT2D eigenvalue weighted by atomic mass is 10.0. The summed E-state index contributed by atoms with van der Waals surface area (Å²) in [4.78, 5) is 11.1. The van der Waals surface area contributed by atoms with E-state index in [1.807, 2.05) is 0 Å². The normalized spacial score (nSPS) is 11.3. The van der Waals surface area contributed by atoms with Crippen molar-refractivity contribution in [2.45, 2.75) is 25.9 Å². The molecule has 1 rings (SSSR count). The van der Waals surface area contributed by atoms with Crippen LogP contribution in [0.25, 0.3) is 0 Å². The van der Waals surface area contributed by atoms with Crippen LogP contribution in [-0.2, 0) is 22.1 Å². The fourth-order valence-corrected chi connectivity index (χ4v) is 1.47. The van der Waals surface area contributed by atoms with Crippen LogP contribution in [0.5, 0.6) is 0 Å². The Balaban J connectivity index is 2.72. The molecule has 0 atom stereocenters. The molecule has 6 heteroatoms. The molecular weight excluding hydrogens is 247 g/mol. The van der Waals surface area contributed by atoms with Crippen molar-refractivity contribution in [2.24, 2.45) is 0 Å². The highest BCUT2D eigenvalue weighted by molar-refractivity contribution is 5.70. The fraction of sp³-hybridized carbons (Fsp3) is 0.417. The van der Waals surface area contributed by atoms with Gasteiger partial charge in [-0.3, -0.25) is 4.79 Å². The number of rotatable bonds is 4. The van der Waals surface area contributed by atoms with Crippen LogP contribution in [0.3, 0.4) is 0 Å². The van der Waals surface area contributed by atoms with Crippen LogP contribution in [-0.4, -0.2) is 12.6 Å². The summed E-state index contributed by atoms with van der Waals surface area (Å²) in [6, 6.07) is 3.12. The summed E-state index contributed by atoms with van der Waals surface area (Å²) in [6.45, 7) is 1.96. The van der Waals surface area contributed by atoms with E-state index in [1.54, 1.807) is 6.92 Å². The van der Waals surface area contributed by atoms with Gasteiger partial charge in [0.1, 0.15) is 0 Å². The Hall–Kier alpha value is -1.72. The van der Waals surface area contributed by atoms with Crippen LogP contribution >= 0.6 is 0 Å². The lowest BCUT2D eigenvalue weighted by Gasteiger charge is -2.10. The van der Waals surface area contributed by atoms with Gasteiger partial charge in [-0.15, -0.1) is 0 Å². The minimum Gasteiger partial charge on any atom is -0.466 e. The maximum Gasteiger partial charge on any atom is 0.416 e. The first-order valence-electron chi connectivity index (χ1n) is 5.45. The Kier molecular flexibility index (Phi) is 4.58. The van der Waals surface area contributed by atoms with Gasteiger partial charge in [-0.2, -0.15) is 13.2 Å². The second-order valence-electron chi connectivity index (χ2n) is 3.72. The number of alkyl halides is 3. The molecule has 1 aromatic carbocycles. The molecule has 0 saturated carbocycles. The van der Waals surface area contributed by atoms with Gasteiger partial charge >= 0.3 is 12.1 Å². The first-order chi connectivity index (χ1) is 8.34. The highest BCUT2D eigenvalue weighted by atomic mass is 19.4. The summed E-state index contributed by atoms with van der Waals surface area (Å²) in [5.41, 5.74) is 5.28. The second-order valence-corrected chi connectivity index (χ2v) is 3.72. The number of ether oxygens (including phenoxy) is 1. The number of hydrogen-bond acceptors (Lipinski definition) is 3. The molecule has 3 nitrogen and oxygen atoms in total. The van der Waals surface area contributed by atoms with Gasteiger partial charge in [0.2, 0.25) is 0 Å². The molecule has 0 heterocycles. The van der Waals surface area contributed by atoms with Crippen molar-refractivity contribution in [2.75, 3.05) is 12.3 Å². The predicted molar refractivity (Wildman–Crippen MR) is 60.8 cm³/mol. The summed E-state index contributed by atoms with van der Waals surface area (Å²) < 4.78 is 41.9.